The number of ether oxygens (including phenoxy) is 1. The van der Waals surface area contributed by atoms with Crippen LogP contribution in [0.25, 0.3) is 0 Å². The summed E-state index contributed by atoms with van der Waals surface area (Å²) < 4.78 is 31.0. The van der Waals surface area contributed by atoms with E-state index in [1.54, 1.807) is 31.2 Å². The molecule has 0 aliphatic carbocycles. The molecule has 0 saturated carbocycles. The van der Waals surface area contributed by atoms with Gasteiger partial charge in [-0.2, -0.15) is 8.42 Å². The maximum atomic E-state index is 11.4. The van der Waals surface area contributed by atoms with Gasteiger partial charge in [0, 0.05) is 0 Å². The van der Waals surface area contributed by atoms with E-state index in [-0.39, 0.29) is 12.6 Å². The Balaban J connectivity index is 2.53. The van der Waals surface area contributed by atoms with Crippen molar-refractivity contribution in [1.82, 2.24) is 0 Å². The first-order chi connectivity index (χ1) is 8.42. The SMILES string of the molecule is CCOC(=O)c1ccc(CCOS(C)(=O)=O)cc1. The predicted octanol–water partition coefficient (Wildman–Crippen LogP) is 1.38. The lowest BCUT2D eigenvalue weighted by molar-refractivity contribution is 0.0526. The van der Waals surface area contributed by atoms with Crippen LogP contribution in [0, 0.1) is 0 Å². The Kier molecular flexibility index (Phi) is 5.30. The highest BCUT2D eigenvalue weighted by molar-refractivity contribution is 7.85. The molecule has 0 radical (unpaired) electrons. The third-order valence-electron chi connectivity index (χ3n) is 2.15. The van der Waals surface area contributed by atoms with Crippen molar-refractivity contribution in [1.29, 1.82) is 0 Å². The van der Waals surface area contributed by atoms with E-state index in [4.69, 9.17) is 4.74 Å². The normalized spacial score (nSPS) is 11.2. The van der Waals surface area contributed by atoms with Crippen LogP contribution in [0.15, 0.2) is 24.3 Å². The van der Waals surface area contributed by atoms with E-state index in [0.717, 1.165) is 11.8 Å². The highest BCUT2D eigenvalue weighted by Crippen LogP contribution is 2.07. The van der Waals surface area contributed by atoms with E-state index in [9.17, 15) is 13.2 Å². The average Bonchev–Trinajstić information content (AvgIpc) is 2.28. The van der Waals surface area contributed by atoms with Crippen LogP contribution >= 0.6 is 0 Å². The second-order valence-corrected chi connectivity index (χ2v) is 5.34. The Labute approximate surface area is 107 Å². The van der Waals surface area contributed by atoms with Crippen molar-refractivity contribution in [3.8, 4) is 0 Å². The number of hydrogen-bond donors (Lipinski definition) is 0. The highest BCUT2D eigenvalue weighted by Gasteiger charge is 2.06. The van der Waals surface area contributed by atoms with Crippen molar-refractivity contribution >= 4 is 16.1 Å². The molecule has 0 amide bonds. The molecular formula is C12H16O5S. The van der Waals surface area contributed by atoms with Crippen LogP contribution in [0.4, 0.5) is 0 Å². The lowest BCUT2D eigenvalue weighted by Gasteiger charge is -2.04. The number of carbonyl (C=O) groups excluding carboxylic acids is 1. The molecular weight excluding hydrogens is 256 g/mol. The largest absolute Gasteiger partial charge is 0.462 e. The Morgan fingerprint density at radius 2 is 1.83 bits per heavy atom. The zero-order chi connectivity index (χ0) is 13.6. The summed E-state index contributed by atoms with van der Waals surface area (Å²) in [6.45, 7) is 2.18. The maximum Gasteiger partial charge on any atom is 0.338 e. The maximum absolute atomic E-state index is 11.4. The van der Waals surface area contributed by atoms with Crippen molar-refractivity contribution in [3.63, 3.8) is 0 Å². The number of hydrogen-bond acceptors (Lipinski definition) is 5. The van der Waals surface area contributed by atoms with Crippen LogP contribution < -0.4 is 0 Å². The average molecular weight is 272 g/mol. The van der Waals surface area contributed by atoms with Crippen molar-refractivity contribution in [2.45, 2.75) is 13.3 Å². The number of benzene rings is 1. The minimum atomic E-state index is -3.40. The zero-order valence-electron chi connectivity index (χ0n) is 10.4. The molecule has 0 aliphatic rings. The van der Waals surface area contributed by atoms with Gasteiger partial charge in [0.25, 0.3) is 10.1 Å². The molecule has 18 heavy (non-hydrogen) atoms. The molecule has 0 bridgehead atoms. The topological polar surface area (TPSA) is 69.7 Å². The second-order valence-electron chi connectivity index (χ2n) is 3.69. The molecule has 0 spiro atoms. The fourth-order valence-electron chi connectivity index (χ4n) is 1.33. The van der Waals surface area contributed by atoms with Gasteiger partial charge in [0.2, 0.25) is 0 Å². The number of carbonyl (C=O) groups is 1. The Morgan fingerprint density at radius 3 is 2.33 bits per heavy atom. The lowest BCUT2D eigenvalue weighted by atomic mass is 10.1. The molecule has 1 aromatic rings. The molecule has 1 rings (SSSR count). The van der Waals surface area contributed by atoms with Gasteiger partial charge in [-0.1, -0.05) is 12.1 Å². The minimum absolute atomic E-state index is 0.0948. The van der Waals surface area contributed by atoms with Gasteiger partial charge < -0.3 is 4.74 Å². The third kappa shape index (κ3) is 5.29. The van der Waals surface area contributed by atoms with E-state index < -0.39 is 10.1 Å². The van der Waals surface area contributed by atoms with Crippen molar-refractivity contribution in [3.05, 3.63) is 35.4 Å². The van der Waals surface area contributed by atoms with Gasteiger partial charge in [-0.05, 0) is 31.0 Å². The molecule has 0 aliphatic heterocycles. The summed E-state index contributed by atoms with van der Waals surface area (Å²) in [5.74, 6) is -0.364. The molecule has 6 heteroatoms. The Hall–Kier alpha value is -1.40. The quantitative estimate of drug-likeness (QED) is 0.578. The van der Waals surface area contributed by atoms with Crippen LogP contribution in [0.2, 0.25) is 0 Å². The summed E-state index contributed by atoms with van der Waals surface area (Å²) >= 11 is 0. The number of rotatable bonds is 6. The summed E-state index contributed by atoms with van der Waals surface area (Å²) in [5.41, 5.74) is 1.37. The smallest absolute Gasteiger partial charge is 0.338 e. The summed E-state index contributed by atoms with van der Waals surface area (Å²) in [6.07, 6.45) is 1.48. The standard InChI is InChI=1S/C12H16O5S/c1-3-16-12(13)11-6-4-10(5-7-11)8-9-17-18(2,14)15/h4-7H,3,8-9H2,1-2H3. The van der Waals surface area contributed by atoms with E-state index in [0.29, 0.717) is 18.6 Å². The van der Waals surface area contributed by atoms with Crippen LogP contribution in [0.1, 0.15) is 22.8 Å². The van der Waals surface area contributed by atoms with Gasteiger partial charge in [-0.3, -0.25) is 4.18 Å². The van der Waals surface area contributed by atoms with Crippen molar-refractivity contribution in [2.75, 3.05) is 19.5 Å². The lowest BCUT2D eigenvalue weighted by Crippen LogP contribution is -2.07. The summed E-state index contributed by atoms with van der Waals surface area (Å²) in [5, 5.41) is 0. The molecule has 0 heterocycles. The van der Waals surface area contributed by atoms with Crippen molar-refractivity contribution in [2.24, 2.45) is 0 Å². The second kappa shape index (κ2) is 6.51. The first-order valence-electron chi connectivity index (χ1n) is 5.53. The fourth-order valence-corrected chi connectivity index (χ4v) is 1.72. The molecule has 0 fully saturated rings. The monoisotopic (exact) mass is 272 g/mol. The molecule has 100 valence electrons. The Morgan fingerprint density at radius 1 is 1.22 bits per heavy atom. The molecule has 1 aromatic carbocycles. The van der Waals surface area contributed by atoms with Gasteiger partial charge in [0.1, 0.15) is 0 Å². The summed E-state index contributed by atoms with van der Waals surface area (Å²) in [6, 6.07) is 6.79. The molecule has 0 saturated heterocycles. The summed E-state index contributed by atoms with van der Waals surface area (Å²) in [4.78, 5) is 11.4. The Bertz CT molecular complexity index is 490. The van der Waals surface area contributed by atoms with Crippen molar-refractivity contribution < 1.29 is 22.1 Å². The van der Waals surface area contributed by atoms with Gasteiger partial charge in [-0.25, -0.2) is 4.79 Å². The minimum Gasteiger partial charge on any atom is -0.462 e. The van der Waals surface area contributed by atoms with Gasteiger partial charge in [0.15, 0.2) is 0 Å². The molecule has 0 unspecified atom stereocenters. The summed E-state index contributed by atoms with van der Waals surface area (Å²) in [7, 11) is -3.40. The molecule has 0 atom stereocenters. The van der Waals surface area contributed by atoms with E-state index >= 15 is 0 Å². The molecule has 0 aromatic heterocycles. The van der Waals surface area contributed by atoms with Gasteiger partial charge in [-0.15, -0.1) is 0 Å². The fraction of sp³-hybridized carbons (Fsp3) is 0.417. The van der Waals surface area contributed by atoms with Crippen LogP contribution in [-0.4, -0.2) is 33.9 Å². The van der Waals surface area contributed by atoms with Crippen LogP contribution in [-0.2, 0) is 25.5 Å². The van der Waals surface area contributed by atoms with Gasteiger partial charge >= 0.3 is 5.97 Å². The zero-order valence-corrected chi connectivity index (χ0v) is 11.2. The van der Waals surface area contributed by atoms with Gasteiger partial charge in [0.05, 0.1) is 25.0 Å². The van der Waals surface area contributed by atoms with E-state index in [2.05, 4.69) is 4.18 Å². The molecule has 5 nitrogen and oxygen atoms in total. The first-order valence-corrected chi connectivity index (χ1v) is 7.34. The third-order valence-corrected chi connectivity index (χ3v) is 2.75. The van der Waals surface area contributed by atoms with Crippen LogP contribution in [0.5, 0.6) is 0 Å². The van der Waals surface area contributed by atoms with E-state index in [1.807, 2.05) is 0 Å². The predicted molar refractivity (Wildman–Crippen MR) is 66.9 cm³/mol. The number of esters is 1. The van der Waals surface area contributed by atoms with Crippen LogP contribution in [0.3, 0.4) is 0 Å². The van der Waals surface area contributed by atoms with E-state index in [1.165, 1.54) is 0 Å². The highest BCUT2D eigenvalue weighted by atomic mass is 32.2. The first kappa shape index (κ1) is 14.7. The molecule has 0 N–H and O–H groups in total.